The Labute approximate surface area is 140 Å². The molecule has 1 N–H and O–H groups in total. The minimum absolute atomic E-state index is 0.267. The largest absolute Gasteiger partial charge is 0.496 e. The maximum atomic E-state index is 12.5. The number of nitrogens with one attached hydrogen (secondary N) is 1. The van der Waals surface area contributed by atoms with Gasteiger partial charge in [-0.3, -0.25) is 4.79 Å². The summed E-state index contributed by atoms with van der Waals surface area (Å²) in [5, 5.41) is 13.8. The predicted molar refractivity (Wildman–Crippen MR) is 87.8 cm³/mol. The lowest BCUT2D eigenvalue weighted by atomic mass is 10.2. The molecule has 0 fully saturated rings. The highest BCUT2D eigenvalue weighted by Gasteiger charge is 2.13. The molecule has 1 aromatic heterocycles. The minimum Gasteiger partial charge on any atom is -0.496 e. The van der Waals surface area contributed by atoms with Crippen molar-refractivity contribution < 1.29 is 9.53 Å². The van der Waals surface area contributed by atoms with Crippen LogP contribution in [0.1, 0.15) is 10.4 Å². The van der Waals surface area contributed by atoms with Gasteiger partial charge < -0.3 is 10.1 Å². The van der Waals surface area contributed by atoms with Crippen molar-refractivity contribution in [2.75, 3.05) is 12.4 Å². The van der Waals surface area contributed by atoms with Crippen LogP contribution in [-0.2, 0) is 0 Å². The first kappa shape index (κ1) is 15.2. The molecule has 7 nitrogen and oxygen atoms in total. The first-order chi connectivity index (χ1) is 11.2. The van der Waals surface area contributed by atoms with E-state index in [1.54, 1.807) is 24.3 Å². The van der Waals surface area contributed by atoms with E-state index in [2.05, 4.69) is 36.8 Å². The van der Waals surface area contributed by atoms with E-state index in [0.29, 0.717) is 17.0 Å². The number of hydrogen-bond donors (Lipinski definition) is 1. The van der Waals surface area contributed by atoms with Gasteiger partial charge in [-0.1, -0.05) is 22.0 Å². The number of carbonyl (C=O) groups excluding carboxylic acids is 1. The highest BCUT2D eigenvalue weighted by atomic mass is 79.9. The molecule has 3 rings (SSSR count). The molecule has 0 aliphatic rings. The lowest BCUT2D eigenvalue weighted by Gasteiger charge is -2.10. The second kappa shape index (κ2) is 6.57. The second-order valence-electron chi connectivity index (χ2n) is 4.60. The molecule has 0 saturated heterocycles. The van der Waals surface area contributed by atoms with E-state index in [9.17, 15) is 4.79 Å². The van der Waals surface area contributed by atoms with Gasteiger partial charge in [0.25, 0.3) is 5.91 Å². The molecule has 1 heterocycles. The van der Waals surface area contributed by atoms with Crippen molar-refractivity contribution in [3.8, 4) is 11.4 Å². The van der Waals surface area contributed by atoms with Gasteiger partial charge in [0.15, 0.2) is 0 Å². The van der Waals surface area contributed by atoms with Crippen LogP contribution in [0.2, 0.25) is 0 Å². The summed E-state index contributed by atoms with van der Waals surface area (Å²) in [5.41, 5.74) is 1.81. The Hall–Kier alpha value is -2.74. The number of methoxy groups -OCH3 is 1. The van der Waals surface area contributed by atoms with Crippen molar-refractivity contribution in [1.29, 1.82) is 0 Å². The van der Waals surface area contributed by atoms with Crippen LogP contribution in [0.25, 0.3) is 5.69 Å². The van der Waals surface area contributed by atoms with Crippen molar-refractivity contribution in [3.63, 3.8) is 0 Å². The van der Waals surface area contributed by atoms with Crippen LogP contribution in [0, 0.1) is 0 Å². The number of anilines is 1. The number of halogens is 1. The Morgan fingerprint density at radius 2 is 2.13 bits per heavy atom. The third kappa shape index (κ3) is 3.37. The lowest BCUT2D eigenvalue weighted by Crippen LogP contribution is -2.13. The number of benzene rings is 2. The van der Waals surface area contributed by atoms with Crippen LogP contribution in [-0.4, -0.2) is 33.2 Å². The monoisotopic (exact) mass is 373 g/mol. The van der Waals surface area contributed by atoms with Gasteiger partial charge in [-0.25, -0.2) is 4.68 Å². The van der Waals surface area contributed by atoms with Gasteiger partial charge in [0, 0.05) is 10.2 Å². The number of carbonyl (C=O) groups is 1. The summed E-state index contributed by atoms with van der Waals surface area (Å²) in [4.78, 5) is 12.5. The Morgan fingerprint density at radius 1 is 1.26 bits per heavy atom. The van der Waals surface area contributed by atoms with Crippen LogP contribution >= 0.6 is 15.9 Å². The summed E-state index contributed by atoms with van der Waals surface area (Å²) < 4.78 is 7.54. The zero-order valence-electron chi connectivity index (χ0n) is 12.1. The number of amides is 1. The predicted octanol–water partition coefficient (Wildman–Crippen LogP) is 2.69. The smallest absolute Gasteiger partial charge is 0.259 e. The number of nitrogens with zero attached hydrogens (tertiary/aromatic N) is 4. The summed E-state index contributed by atoms with van der Waals surface area (Å²) in [5.74, 6) is 0.236. The molecule has 0 atom stereocenters. The van der Waals surface area contributed by atoms with Crippen molar-refractivity contribution in [2.24, 2.45) is 0 Å². The summed E-state index contributed by atoms with van der Waals surface area (Å²) in [6.45, 7) is 0. The molecule has 0 aliphatic carbocycles. The van der Waals surface area contributed by atoms with E-state index in [-0.39, 0.29) is 5.91 Å². The van der Waals surface area contributed by atoms with E-state index >= 15 is 0 Å². The Balaban J connectivity index is 1.86. The van der Waals surface area contributed by atoms with Crippen LogP contribution in [0.5, 0.6) is 5.75 Å². The minimum atomic E-state index is -0.267. The van der Waals surface area contributed by atoms with Crippen molar-refractivity contribution in [1.82, 2.24) is 20.2 Å². The third-order valence-corrected chi connectivity index (χ3v) is 3.62. The lowest BCUT2D eigenvalue weighted by molar-refractivity contribution is 0.102. The van der Waals surface area contributed by atoms with E-state index in [0.717, 1.165) is 10.2 Å². The third-order valence-electron chi connectivity index (χ3n) is 3.12. The average molecular weight is 374 g/mol. The molecule has 0 spiro atoms. The molecule has 0 aliphatic heterocycles. The highest BCUT2D eigenvalue weighted by molar-refractivity contribution is 9.10. The van der Waals surface area contributed by atoms with Crippen LogP contribution in [0.15, 0.2) is 53.3 Å². The number of ether oxygens (including phenoxy) is 1. The van der Waals surface area contributed by atoms with Crippen molar-refractivity contribution in [3.05, 3.63) is 58.8 Å². The number of rotatable bonds is 4. The maximum absolute atomic E-state index is 12.5. The standard InChI is InChI=1S/C15H12BrN5O2/c1-23-14-6-5-10(16)7-13(14)15(22)18-11-3-2-4-12(8-11)21-9-17-19-20-21/h2-9H,1H3,(H,18,22). The van der Waals surface area contributed by atoms with E-state index < -0.39 is 0 Å². The highest BCUT2D eigenvalue weighted by Crippen LogP contribution is 2.24. The molecular formula is C15H12BrN5O2. The quantitative estimate of drug-likeness (QED) is 0.760. The SMILES string of the molecule is COc1ccc(Br)cc1C(=O)Nc1cccc(-n2cnnn2)c1. The fourth-order valence-corrected chi connectivity index (χ4v) is 2.42. The molecule has 1 amide bonds. The molecule has 3 aromatic rings. The van der Waals surface area contributed by atoms with Crippen molar-refractivity contribution >= 4 is 27.5 Å². The zero-order valence-corrected chi connectivity index (χ0v) is 13.7. The molecule has 0 saturated carbocycles. The summed E-state index contributed by atoms with van der Waals surface area (Å²) in [7, 11) is 1.53. The average Bonchev–Trinajstić information content (AvgIpc) is 3.09. The normalized spacial score (nSPS) is 10.3. The first-order valence-corrected chi connectivity index (χ1v) is 7.45. The van der Waals surface area contributed by atoms with Crippen LogP contribution in [0.4, 0.5) is 5.69 Å². The van der Waals surface area contributed by atoms with Crippen molar-refractivity contribution in [2.45, 2.75) is 0 Å². The fraction of sp³-hybridized carbons (Fsp3) is 0.0667. The van der Waals surface area contributed by atoms with Gasteiger partial charge in [-0.15, -0.1) is 5.10 Å². The number of tetrazole rings is 1. The number of aromatic nitrogens is 4. The Morgan fingerprint density at radius 3 is 2.87 bits per heavy atom. The van der Waals surface area contributed by atoms with E-state index in [1.807, 2.05) is 18.2 Å². The summed E-state index contributed by atoms with van der Waals surface area (Å²) in [6, 6.07) is 12.5. The van der Waals surface area contributed by atoms with Gasteiger partial charge in [-0.05, 0) is 46.8 Å². The van der Waals surface area contributed by atoms with E-state index in [1.165, 1.54) is 18.1 Å². The van der Waals surface area contributed by atoms with Gasteiger partial charge in [0.05, 0.1) is 18.4 Å². The molecule has 116 valence electrons. The molecule has 2 aromatic carbocycles. The van der Waals surface area contributed by atoms with E-state index in [4.69, 9.17) is 4.74 Å². The van der Waals surface area contributed by atoms with Gasteiger partial charge in [0.2, 0.25) is 0 Å². The molecule has 0 bridgehead atoms. The molecule has 0 radical (unpaired) electrons. The topological polar surface area (TPSA) is 81.9 Å². The van der Waals surface area contributed by atoms with Crippen LogP contribution < -0.4 is 10.1 Å². The van der Waals surface area contributed by atoms with Gasteiger partial charge >= 0.3 is 0 Å². The Kier molecular flexibility index (Phi) is 4.33. The molecule has 8 heteroatoms. The first-order valence-electron chi connectivity index (χ1n) is 6.65. The van der Waals surface area contributed by atoms with Gasteiger partial charge in [-0.2, -0.15) is 0 Å². The van der Waals surface area contributed by atoms with Crippen LogP contribution in [0.3, 0.4) is 0 Å². The fourth-order valence-electron chi connectivity index (χ4n) is 2.06. The Bertz CT molecular complexity index is 836. The molecule has 0 unspecified atom stereocenters. The summed E-state index contributed by atoms with van der Waals surface area (Å²) in [6.07, 6.45) is 1.48. The molecular weight excluding hydrogens is 362 g/mol. The second-order valence-corrected chi connectivity index (χ2v) is 5.52. The maximum Gasteiger partial charge on any atom is 0.259 e. The zero-order chi connectivity index (χ0) is 16.2. The molecule has 23 heavy (non-hydrogen) atoms. The number of hydrogen-bond acceptors (Lipinski definition) is 5. The summed E-state index contributed by atoms with van der Waals surface area (Å²) >= 11 is 3.36. The van der Waals surface area contributed by atoms with Gasteiger partial charge in [0.1, 0.15) is 12.1 Å².